The SMILES string of the molecule is CCCON.Cl.[Cl][Rh][Cl]. The summed E-state index contributed by atoms with van der Waals surface area (Å²) in [5.41, 5.74) is 0. The Bertz CT molecular complexity index is 33.0. The van der Waals surface area contributed by atoms with Crippen molar-refractivity contribution in [2.45, 2.75) is 13.3 Å². The Balaban J connectivity index is -0.0000000800. The zero-order chi connectivity index (χ0) is 6.83. The van der Waals surface area contributed by atoms with Gasteiger partial charge in [-0.2, -0.15) is 0 Å². The molecule has 0 aliphatic rings. The van der Waals surface area contributed by atoms with Gasteiger partial charge in [-0.05, 0) is 6.42 Å². The molecule has 0 spiro atoms. The summed E-state index contributed by atoms with van der Waals surface area (Å²) in [5.74, 6) is 4.64. The molecule has 6 heteroatoms. The zero-order valence-corrected chi connectivity index (χ0v) is 8.86. The Hall–Kier alpha value is 1.41. The van der Waals surface area contributed by atoms with Crippen molar-refractivity contribution in [3.8, 4) is 0 Å². The van der Waals surface area contributed by atoms with E-state index in [1.54, 1.807) is 0 Å². The molecule has 2 N–H and O–H groups in total. The normalized spacial score (nSPS) is 7.11. The Labute approximate surface area is 77.5 Å². The molecule has 0 heterocycles. The molecule has 0 amide bonds. The van der Waals surface area contributed by atoms with Crippen LogP contribution in [-0.4, -0.2) is 6.61 Å². The molecular formula is C3H10Cl3NORh. The molecule has 0 saturated heterocycles. The van der Waals surface area contributed by atoms with Crippen molar-refractivity contribution in [3.05, 3.63) is 0 Å². The molecule has 9 heavy (non-hydrogen) atoms. The molecule has 0 aliphatic heterocycles. The van der Waals surface area contributed by atoms with E-state index in [-0.39, 0.29) is 27.6 Å². The van der Waals surface area contributed by atoms with Crippen LogP contribution in [0.4, 0.5) is 0 Å². The van der Waals surface area contributed by atoms with E-state index >= 15 is 0 Å². The Kier molecular flexibility index (Phi) is 42.4. The van der Waals surface area contributed by atoms with Crippen LogP contribution in [0.5, 0.6) is 0 Å². The second-order valence-corrected chi connectivity index (χ2v) is 3.41. The fraction of sp³-hybridized carbons (Fsp3) is 1.00. The van der Waals surface area contributed by atoms with Crippen LogP contribution in [0, 0.1) is 0 Å². The van der Waals surface area contributed by atoms with E-state index in [0.29, 0.717) is 6.61 Å². The summed E-state index contributed by atoms with van der Waals surface area (Å²) in [5, 5.41) is 0. The van der Waals surface area contributed by atoms with Crippen molar-refractivity contribution in [3.63, 3.8) is 0 Å². The first-order valence-corrected chi connectivity index (χ1v) is 6.20. The maximum absolute atomic E-state index is 4.83. The molecular weight excluding hydrogens is 275 g/mol. The van der Waals surface area contributed by atoms with E-state index in [1.807, 2.05) is 6.92 Å². The van der Waals surface area contributed by atoms with Crippen LogP contribution in [0.25, 0.3) is 0 Å². The van der Waals surface area contributed by atoms with E-state index < -0.39 is 0 Å². The molecule has 0 aromatic carbocycles. The van der Waals surface area contributed by atoms with Gasteiger partial charge in [0.15, 0.2) is 0 Å². The predicted octanol–water partition coefficient (Wildman–Crippen LogP) is 2.08. The molecule has 0 aromatic heterocycles. The van der Waals surface area contributed by atoms with Crippen LogP contribution in [0.15, 0.2) is 0 Å². The van der Waals surface area contributed by atoms with E-state index in [9.17, 15) is 0 Å². The average Bonchev–Trinajstić information content (AvgIpc) is 1.71. The van der Waals surface area contributed by atoms with Gasteiger partial charge in [-0.1, -0.05) is 6.92 Å². The van der Waals surface area contributed by atoms with Crippen LogP contribution in [0.3, 0.4) is 0 Å². The molecule has 0 unspecified atom stereocenters. The third-order valence-corrected chi connectivity index (χ3v) is 0.322. The first-order valence-electron chi connectivity index (χ1n) is 1.98. The fourth-order valence-electron chi connectivity index (χ4n) is 0.118. The minimum atomic E-state index is -0.226. The topological polar surface area (TPSA) is 35.2 Å². The van der Waals surface area contributed by atoms with Gasteiger partial charge in [0.2, 0.25) is 0 Å². The molecule has 0 aliphatic carbocycles. The summed E-state index contributed by atoms with van der Waals surface area (Å²) in [6, 6.07) is 0. The van der Waals surface area contributed by atoms with E-state index in [2.05, 4.69) is 10.7 Å². The average molecular weight is 285 g/mol. The summed E-state index contributed by atoms with van der Waals surface area (Å²) in [7, 11) is 9.67. The summed E-state index contributed by atoms with van der Waals surface area (Å²) in [6.07, 6.45) is 0.997. The summed E-state index contributed by atoms with van der Waals surface area (Å²) < 4.78 is 0. The molecule has 0 radical (unpaired) electrons. The van der Waals surface area contributed by atoms with E-state index in [1.165, 1.54) is 0 Å². The second kappa shape index (κ2) is 22.7. The third-order valence-electron chi connectivity index (χ3n) is 0.322. The van der Waals surface area contributed by atoms with Gasteiger partial charge in [0.1, 0.15) is 0 Å². The van der Waals surface area contributed by atoms with Gasteiger partial charge in [-0.3, -0.25) is 0 Å². The number of nitrogens with two attached hydrogens (primary N) is 1. The molecule has 0 atom stereocenters. The molecule has 0 rings (SSSR count). The summed E-state index contributed by atoms with van der Waals surface area (Å²) >= 11 is -0.226. The molecule has 0 saturated carbocycles. The van der Waals surface area contributed by atoms with Gasteiger partial charge < -0.3 is 4.84 Å². The Morgan fingerprint density at radius 1 is 1.56 bits per heavy atom. The number of halogens is 3. The van der Waals surface area contributed by atoms with Crippen LogP contribution in [-0.2, 0) is 20.0 Å². The van der Waals surface area contributed by atoms with Crippen LogP contribution < -0.4 is 5.90 Å². The molecule has 63 valence electrons. The van der Waals surface area contributed by atoms with Gasteiger partial charge in [-0.15, -0.1) is 12.4 Å². The number of hydrogen-bond acceptors (Lipinski definition) is 2. The van der Waals surface area contributed by atoms with Crippen molar-refractivity contribution in [2.24, 2.45) is 5.90 Å². The van der Waals surface area contributed by atoms with Crippen LogP contribution >= 0.6 is 31.8 Å². The summed E-state index contributed by atoms with van der Waals surface area (Å²) in [4.78, 5) is 4.19. The van der Waals surface area contributed by atoms with Gasteiger partial charge in [0, 0.05) is 0 Å². The van der Waals surface area contributed by atoms with Crippen LogP contribution in [0.1, 0.15) is 13.3 Å². The zero-order valence-electron chi connectivity index (χ0n) is 4.90. The van der Waals surface area contributed by atoms with Gasteiger partial charge in [0.25, 0.3) is 0 Å². The predicted molar refractivity (Wildman–Crippen MR) is 39.4 cm³/mol. The van der Waals surface area contributed by atoms with Crippen LogP contribution in [0.2, 0.25) is 0 Å². The fourth-order valence-corrected chi connectivity index (χ4v) is 0.118. The quantitative estimate of drug-likeness (QED) is 0.623. The number of hydrogen-bond donors (Lipinski definition) is 1. The minimum absolute atomic E-state index is 0. The maximum atomic E-state index is 4.83. The van der Waals surface area contributed by atoms with Crippen molar-refractivity contribution >= 4 is 31.8 Å². The van der Waals surface area contributed by atoms with Crippen molar-refractivity contribution < 1.29 is 20.0 Å². The Morgan fingerprint density at radius 2 is 1.89 bits per heavy atom. The molecule has 0 aromatic rings. The van der Waals surface area contributed by atoms with E-state index in [0.717, 1.165) is 6.42 Å². The van der Waals surface area contributed by atoms with Crippen molar-refractivity contribution in [1.82, 2.24) is 0 Å². The van der Waals surface area contributed by atoms with Crippen molar-refractivity contribution in [2.75, 3.05) is 6.61 Å². The second-order valence-electron chi connectivity index (χ2n) is 0.918. The van der Waals surface area contributed by atoms with Crippen molar-refractivity contribution in [1.29, 1.82) is 0 Å². The first kappa shape index (κ1) is 16.8. The molecule has 0 bridgehead atoms. The summed E-state index contributed by atoms with van der Waals surface area (Å²) in [6.45, 7) is 2.67. The molecule has 2 nitrogen and oxygen atoms in total. The Morgan fingerprint density at radius 3 is 1.89 bits per heavy atom. The monoisotopic (exact) mass is 284 g/mol. The van der Waals surface area contributed by atoms with Gasteiger partial charge in [0.05, 0.1) is 6.61 Å². The first-order chi connectivity index (χ1) is 3.83. The molecule has 0 fully saturated rings. The third kappa shape index (κ3) is 44.4. The van der Waals surface area contributed by atoms with E-state index in [4.69, 9.17) is 19.4 Å². The van der Waals surface area contributed by atoms with Gasteiger partial charge >= 0.3 is 34.5 Å². The standard InChI is InChI=1S/C3H9NO.3ClH.Rh/c1-2-3-5-4;;;;/h2-4H2,1H3;3*1H;/q;;;;+2/p-2. The number of rotatable bonds is 2. The van der Waals surface area contributed by atoms with Gasteiger partial charge in [-0.25, -0.2) is 5.90 Å².